The van der Waals surface area contributed by atoms with Crippen molar-refractivity contribution >= 4 is 39.9 Å². The van der Waals surface area contributed by atoms with Crippen LogP contribution < -0.4 is 14.9 Å². The average molecular weight is 414 g/mol. The topological polar surface area (TPSA) is 55.7 Å². The molecule has 3 aromatic rings. The molecule has 5 nitrogen and oxygen atoms in total. The minimum absolute atomic E-state index is 0.690. The van der Waals surface area contributed by atoms with E-state index in [1.165, 1.54) is 11.3 Å². The molecule has 0 unspecified atom stereocenters. The molecule has 3 rings (SSSR count). The van der Waals surface area contributed by atoms with Gasteiger partial charge in [-0.05, 0) is 42.8 Å². The lowest BCUT2D eigenvalue weighted by molar-refractivity contribution is 0.355. The highest BCUT2D eigenvalue weighted by molar-refractivity contribution is 7.14. The predicted octanol–water partition coefficient (Wildman–Crippen LogP) is 5.98. The molecule has 0 fully saturated rings. The number of nitrogens with one attached hydrogen (secondary N) is 1. The van der Waals surface area contributed by atoms with E-state index in [-0.39, 0.29) is 0 Å². The molecule has 0 amide bonds. The number of rotatable bonds is 7. The maximum absolute atomic E-state index is 5.93. The summed E-state index contributed by atoms with van der Waals surface area (Å²) in [7, 11) is 3.24. The molecule has 28 heavy (non-hydrogen) atoms. The second-order valence-electron chi connectivity index (χ2n) is 5.86. The van der Waals surface area contributed by atoms with E-state index in [2.05, 4.69) is 15.5 Å². The van der Waals surface area contributed by atoms with Gasteiger partial charge in [-0.25, -0.2) is 4.98 Å². The van der Waals surface area contributed by atoms with Crippen molar-refractivity contribution in [2.75, 3.05) is 19.6 Å². The Labute approximate surface area is 173 Å². The second-order valence-corrected chi connectivity index (χ2v) is 7.15. The normalized spacial score (nSPS) is 11.6. The highest BCUT2D eigenvalue weighted by Crippen LogP contribution is 2.28. The van der Waals surface area contributed by atoms with Crippen molar-refractivity contribution in [2.24, 2.45) is 5.10 Å². The molecular weight excluding hydrogens is 394 g/mol. The fraction of sp³-hybridized carbons (Fsp3) is 0.143. The van der Waals surface area contributed by atoms with Crippen LogP contribution in [0.15, 0.2) is 59.0 Å². The Balaban J connectivity index is 1.64. The largest absolute Gasteiger partial charge is 0.493 e. The van der Waals surface area contributed by atoms with Crippen LogP contribution in [-0.4, -0.2) is 24.9 Å². The molecule has 7 heteroatoms. The number of aromatic nitrogens is 1. The fourth-order valence-electron chi connectivity index (χ4n) is 2.42. The number of benzene rings is 2. The van der Waals surface area contributed by atoms with Crippen molar-refractivity contribution in [3.8, 4) is 22.8 Å². The molecule has 0 bridgehead atoms. The van der Waals surface area contributed by atoms with Crippen molar-refractivity contribution in [1.29, 1.82) is 0 Å². The summed E-state index contributed by atoms with van der Waals surface area (Å²) in [6.45, 7) is 1.91. The molecule has 0 spiro atoms. The zero-order valence-electron chi connectivity index (χ0n) is 15.8. The van der Waals surface area contributed by atoms with E-state index in [4.69, 9.17) is 21.1 Å². The minimum atomic E-state index is 0.690. The van der Waals surface area contributed by atoms with Crippen LogP contribution >= 0.6 is 22.9 Å². The summed E-state index contributed by atoms with van der Waals surface area (Å²) in [5, 5.41) is 7.77. The molecule has 2 aromatic carbocycles. The van der Waals surface area contributed by atoms with Gasteiger partial charge in [-0.2, -0.15) is 5.10 Å². The first-order valence-electron chi connectivity index (χ1n) is 8.51. The number of ether oxygens (including phenoxy) is 2. The third kappa shape index (κ3) is 5.12. The van der Waals surface area contributed by atoms with Gasteiger partial charge >= 0.3 is 0 Å². The standard InChI is InChI=1S/C21H20ClN3O2S/c1-14(4-5-15-6-11-19(26-2)20(12-15)27-3)24-25-21-23-18(13-28-21)16-7-9-17(22)10-8-16/h4-13H,1-3H3,(H,23,25)/b5-4+,24-14+. The van der Waals surface area contributed by atoms with Crippen molar-refractivity contribution in [1.82, 2.24) is 4.98 Å². The number of allylic oxidation sites excluding steroid dienone is 1. The Bertz CT molecular complexity index is 997. The lowest BCUT2D eigenvalue weighted by atomic mass is 10.1. The summed E-state index contributed by atoms with van der Waals surface area (Å²) in [6.07, 6.45) is 3.88. The van der Waals surface area contributed by atoms with E-state index in [9.17, 15) is 0 Å². The Kier molecular flexibility index (Phi) is 6.68. The van der Waals surface area contributed by atoms with Crippen molar-refractivity contribution in [2.45, 2.75) is 6.92 Å². The molecule has 0 saturated carbocycles. The molecule has 0 aliphatic heterocycles. The van der Waals surface area contributed by atoms with Gasteiger partial charge in [-0.1, -0.05) is 35.9 Å². The van der Waals surface area contributed by atoms with E-state index in [0.29, 0.717) is 16.5 Å². The number of thiazole rings is 1. The molecule has 1 heterocycles. The molecule has 0 radical (unpaired) electrons. The quantitative estimate of drug-likeness (QED) is 0.382. The van der Waals surface area contributed by atoms with Crippen LogP contribution in [0.4, 0.5) is 5.13 Å². The third-order valence-electron chi connectivity index (χ3n) is 3.90. The molecule has 0 aliphatic rings. The summed E-state index contributed by atoms with van der Waals surface area (Å²) in [6, 6.07) is 13.3. The molecule has 1 aromatic heterocycles. The van der Waals surface area contributed by atoms with Crippen LogP contribution in [-0.2, 0) is 0 Å². The first-order valence-corrected chi connectivity index (χ1v) is 9.76. The van der Waals surface area contributed by atoms with Crippen molar-refractivity contribution < 1.29 is 9.47 Å². The molecule has 0 saturated heterocycles. The van der Waals surface area contributed by atoms with E-state index in [0.717, 1.165) is 27.7 Å². The van der Waals surface area contributed by atoms with E-state index >= 15 is 0 Å². The van der Waals surface area contributed by atoms with Crippen molar-refractivity contribution in [3.63, 3.8) is 0 Å². The maximum atomic E-state index is 5.93. The zero-order chi connectivity index (χ0) is 19.9. The number of hydrogen-bond donors (Lipinski definition) is 1. The number of anilines is 1. The first-order chi connectivity index (χ1) is 13.6. The zero-order valence-corrected chi connectivity index (χ0v) is 17.3. The van der Waals surface area contributed by atoms with Gasteiger partial charge in [0.05, 0.1) is 25.6 Å². The van der Waals surface area contributed by atoms with Gasteiger partial charge in [0.15, 0.2) is 11.5 Å². The van der Waals surface area contributed by atoms with E-state index in [1.54, 1.807) is 14.2 Å². The third-order valence-corrected chi connectivity index (χ3v) is 4.90. The fourth-order valence-corrected chi connectivity index (χ4v) is 3.21. The van der Waals surface area contributed by atoms with Crippen LogP contribution in [0.1, 0.15) is 12.5 Å². The van der Waals surface area contributed by atoms with Crippen LogP contribution in [0.5, 0.6) is 11.5 Å². The van der Waals surface area contributed by atoms with Crippen LogP contribution in [0.3, 0.4) is 0 Å². The minimum Gasteiger partial charge on any atom is -0.493 e. The van der Waals surface area contributed by atoms with Crippen LogP contribution in [0.2, 0.25) is 5.02 Å². The lowest BCUT2D eigenvalue weighted by Gasteiger charge is -2.07. The number of halogens is 1. The monoisotopic (exact) mass is 413 g/mol. The summed E-state index contributed by atoms with van der Waals surface area (Å²) in [4.78, 5) is 4.54. The number of methoxy groups -OCH3 is 2. The Morgan fingerprint density at radius 2 is 1.86 bits per heavy atom. The Morgan fingerprint density at radius 1 is 1.11 bits per heavy atom. The number of hydrazone groups is 1. The SMILES string of the molecule is COc1ccc(/C=C/C(C)=N/Nc2nc(-c3ccc(Cl)cc3)cs2)cc1OC. The second kappa shape index (κ2) is 9.39. The lowest BCUT2D eigenvalue weighted by Crippen LogP contribution is -1.94. The molecular formula is C21H20ClN3O2S. The van der Waals surface area contributed by atoms with Crippen LogP contribution in [0, 0.1) is 0 Å². The Morgan fingerprint density at radius 3 is 2.57 bits per heavy atom. The van der Waals surface area contributed by atoms with Gasteiger partial charge in [0.2, 0.25) is 5.13 Å². The molecule has 144 valence electrons. The Hall–Kier alpha value is -2.83. The summed E-state index contributed by atoms with van der Waals surface area (Å²) in [5.41, 5.74) is 6.71. The maximum Gasteiger partial charge on any atom is 0.203 e. The van der Waals surface area contributed by atoms with Gasteiger partial charge in [-0.15, -0.1) is 11.3 Å². The highest BCUT2D eigenvalue weighted by atomic mass is 35.5. The highest BCUT2D eigenvalue weighted by Gasteiger charge is 2.04. The van der Waals surface area contributed by atoms with Crippen molar-refractivity contribution in [3.05, 3.63) is 64.5 Å². The van der Waals surface area contributed by atoms with Gasteiger partial charge < -0.3 is 9.47 Å². The summed E-state index contributed by atoms with van der Waals surface area (Å²) in [5.74, 6) is 1.39. The van der Waals surface area contributed by atoms with Gasteiger partial charge in [0.25, 0.3) is 0 Å². The first kappa shape index (κ1) is 19.9. The molecule has 0 aliphatic carbocycles. The molecule has 1 N–H and O–H groups in total. The predicted molar refractivity (Wildman–Crippen MR) is 118 cm³/mol. The average Bonchev–Trinajstić information content (AvgIpc) is 3.20. The number of nitrogens with zero attached hydrogens (tertiary/aromatic N) is 2. The van der Waals surface area contributed by atoms with E-state index in [1.807, 2.05) is 66.9 Å². The number of hydrogen-bond acceptors (Lipinski definition) is 6. The molecule has 0 atom stereocenters. The van der Waals surface area contributed by atoms with Gasteiger partial charge in [0.1, 0.15) is 0 Å². The van der Waals surface area contributed by atoms with Crippen LogP contribution in [0.25, 0.3) is 17.3 Å². The van der Waals surface area contributed by atoms with Gasteiger partial charge in [0, 0.05) is 16.0 Å². The summed E-state index contributed by atoms with van der Waals surface area (Å²) < 4.78 is 10.6. The smallest absolute Gasteiger partial charge is 0.203 e. The van der Waals surface area contributed by atoms with Gasteiger partial charge in [-0.3, -0.25) is 5.43 Å². The summed E-state index contributed by atoms with van der Waals surface area (Å²) >= 11 is 7.42. The van der Waals surface area contributed by atoms with E-state index < -0.39 is 0 Å².